The lowest BCUT2D eigenvalue weighted by molar-refractivity contribution is -0.138. The molecule has 38 heavy (non-hydrogen) atoms. The molecule has 2 saturated carbocycles. The first-order chi connectivity index (χ1) is 18.2. The average molecular weight is 543 g/mol. The highest BCUT2D eigenvalue weighted by Gasteiger charge is 2.47. The van der Waals surface area contributed by atoms with Gasteiger partial charge in [0.2, 0.25) is 5.91 Å². The number of nitrogen functional groups attached to an aromatic ring is 1. The second-order valence-corrected chi connectivity index (χ2v) is 12.4. The maximum absolute atomic E-state index is 13.5. The molecule has 2 aliphatic carbocycles. The van der Waals surface area contributed by atoms with Crippen LogP contribution in [-0.2, 0) is 11.8 Å². The van der Waals surface area contributed by atoms with Crippen LogP contribution in [-0.4, -0.2) is 52.7 Å². The Bertz CT molecular complexity index is 1230. The van der Waals surface area contributed by atoms with Gasteiger partial charge in [0.05, 0.1) is 16.1 Å². The zero-order chi connectivity index (χ0) is 26.6. The van der Waals surface area contributed by atoms with E-state index in [1.54, 1.807) is 11.7 Å². The van der Waals surface area contributed by atoms with E-state index in [2.05, 4.69) is 20.6 Å². The number of rotatable bonds is 6. The van der Waals surface area contributed by atoms with Crippen LogP contribution < -0.4 is 16.4 Å². The van der Waals surface area contributed by atoms with Crippen LogP contribution in [0.4, 0.5) is 15.9 Å². The summed E-state index contributed by atoms with van der Waals surface area (Å²) in [6.45, 7) is 3.93. The van der Waals surface area contributed by atoms with Gasteiger partial charge in [0.15, 0.2) is 0 Å². The third kappa shape index (κ3) is 4.57. The molecule has 4 heterocycles. The number of halogens is 2. The summed E-state index contributed by atoms with van der Waals surface area (Å²) < 4.78 is 15.1. The van der Waals surface area contributed by atoms with E-state index in [0.29, 0.717) is 34.8 Å². The summed E-state index contributed by atoms with van der Waals surface area (Å²) in [5.41, 5.74) is 7.67. The number of aromatic nitrogens is 2. The fourth-order valence-electron chi connectivity index (χ4n) is 7.57. The van der Waals surface area contributed by atoms with Crippen molar-refractivity contribution in [2.45, 2.75) is 50.9 Å². The zero-order valence-electron chi connectivity index (χ0n) is 21.8. The normalized spacial score (nSPS) is 31.8. The lowest BCUT2D eigenvalue weighted by atomic mass is 9.71. The van der Waals surface area contributed by atoms with Gasteiger partial charge in [-0.2, -0.15) is 5.10 Å². The number of hydrogen-bond acceptors (Lipinski definition) is 5. The zero-order valence-corrected chi connectivity index (χ0v) is 22.6. The predicted octanol–water partition coefficient (Wildman–Crippen LogP) is 4.17. The summed E-state index contributed by atoms with van der Waals surface area (Å²) in [4.78, 5) is 28.8. The van der Waals surface area contributed by atoms with E-state index in [1.165, 1.54) is 18.2 Å². The first kappa shape index (κ1) is 25.6. The van der Waals surface area contributed by atoms with Crippen molar-refractivity contribution in [1.29, 1.82) is 0 Å². The van der Waals surface area contributed by atoms with Gasteiger partial charge >= 0.3 is 0 Å². The number of carbonyl (C=O) groups excluding carboxylic acids is 2. The lowest BCUT2D eigenvalue weighted by Gasteiger charge is -2.47. The van der Waals surface area contributed by atoms with E-state index < -0.39 is 5.82 Å². The number of amides is 2. The number of nitrogens with zero attached hydrogens (tertiary/aromatic N) is 3. The minimum atomic E-state index is -0.541. The highest BCUT2D eigenvalue weighted by Crippen LogP contribution is 2.53. The number of hydrogen-bond donors (Lipinski definition) is 3. The third-order valence-electron chi connectivity index (χ3n) is 9.78. The number of aryl methyl sites for hydroxylation is 1. The quantitative estimate of drug-likeness (QED) is 0.508. The van der Waals surface area contributed by atoms with Gasteiger partial charge in [-0.15, -0.1) is 0 Å². The monoisotopic (exact) mass is 542 g/mol. The second-order valence-electron chi connectivity index (χ2n) is 12.0. The maximum atomic E-state index is 13.5. The largest absolute Gasteiger partial charge is 0.383 e. The average Bonchev–Trinajstić information content (AvgIpc) is 3.57. The summed E-state index contributed by atoms with van der Waals surface area (Å²) in [5, 5.41) is 10.7. The predicted molar refractivity (Wildman–Crippen MR) is 144 cm³/mol. The Labute approximate surface area is 227 Å². The standard InChI is InChI=1S/C28H36ClFN6O2/c1-35-25(31)23(26(37)33-20-2-3-22(30)21(29)14-20)24(34-35)19-12-17-10-16(11-18(17)13-19)15-32-27(38)28-4-7-36(8-5-28)9-6-28/h2-3,14,16-19H,4-13,15,31H2,1H3,(H,32,38)(H,33,37). The number of piperidine rings is 3. The fourth-order valence-corrected chi connectivity index (χ4v) is 7.75. The Morgan fingerprint density at radius 1 is 1.13 bits per heavy atom. The molecule has 2 unspecified atom stereocenters. The molecule has 204 valence electrons. The van der Waals surface area contributed by atoms with Crippen molar-refractivity contribution in [2.24, 2.45) is 30.2 Å². The molecule has 2 aromatic rings. The SMILES string of the molecule is Cn1nc(C2CC3CC(CNC(=O)C45CCN(CC4)CC5)CC3C2)c(C(=O)Nc2ccc(F)c(Cl)c2)c1N. The fraction of sp³-hybridized carbons (Fsp3) is 0.607. The summed E-state index contributed by atoms with van der Waals surface area (Å²) >= 11 is 5.88. The molecule has 1 aromatic heterocycles. The van der Waals surface area contributed by atoms with E-state index in [4.69, 9.17) is 17.3 Å². The molecule has 2 atom stereocenters. The van der Waals surface area contributed by atoms with E-state index in [1.807, 2.05) is 0 Å². The van der Waals surface area contributed by atoms with Crippen LogP contribution in [0.25, 0.3) is 0 Å². The number of fused-ring (bicyclic) bond motifs is 4. The molecule has 4 N–H and O–H groups in total. The van der Waals surface area contributed by atoms with Gasteiger partial charge in [0, 0.05) is 25.2 Å². The van der Waals surface area contributed by atoms with Crippen molar-refractivity contribution >= 4 is 34.9 Å². The van der Waals surface area contributed by atoms with Crippen LogP contribution in [0.2, 0.25) is 5.02 Å². The molecule has 3 saturated heterocycles. The van der Waals surface area contributed by atoms with Crippen LogP contribution in [0.3, 0.4) is 0 Å². The molecule has 3 aliphatic heterocycles. The number of nitrogens with two attached hydrogens (primary N) is 1. The number of anilines is 2. The van der Waals surface area contributed by atoms with Gasteiger partial charge in [-0.1, -0.05) is 11.6 Å². The molecular formula is C28H36ClFN6O2. The van der Waals surface area contributed by atoms with Crippen LogP contribution in [0.5, 0.6) is 0 Å². The first-order valence-corrected chi connectivity index (χ1v) is 14.2. The minimum Gasteiger partial charge on any atom is -0.383 e. The molecule has 0 spiro atoms. The molecular weight excluding hydrogens is 507 g/mol. The number of carbonyl (C=O) groups is 2. The van der Waals surface area contributed by atoms with E-state index in [0.717, 1.165) is 76.8 Å². The van der Waals surface area contributed by atoms with Crippen molar-refractivity contribution in [2.75, 3.05) is 37.2 Å². The highest BCUT2D eigenvalue weighted by molar-refractivity contribution is 6.31. The van der Waals surface area contributed by atoms with Crippen molar-refractivity contribution in [3.8, 4) is 0 Å². The van der Waals surface area contributed by atoms with Gasteiger partial charge in [-0.25, -0.2) is 4.39 Å². The summed E-state index contributed by atoms with van der Waals surface area (Å²) in [7, 11) is 1.74. The Hall–Kier alpha value is -2.65. The Balaban J connectivity index is 1.07. The number of nitrogens with one attached hydrogen (secondary N) is 2. The van der Waals surface area contributed by atoms with Gasteiger partial charge in [-0.3, -0.25) is 14.3 Å². The maximum Gasteiger partial charge on any atom is 0.261 e. The molecule has 1 aromatic carbocycles. The van der Waals surface area contributed by atoms with E-state index >= 15 is 0 Å². The third-order valence-corrected chi connectivity index (χ3v) is 10.1. The topological polar surface area (TPSA) is 105 Å². The summed E-state index contributed by atoms with van der Waals surface area (Å²) in [6.07, 6.45) is 7.11. The smallest absolute Gasteiger partial charge is 0.261 e. The molecule has 8 nitrogen and oxygen atoms in total. The van der Waals surface area contributed by atoms with E-state index in [-0.39, 0.29) is 28.2 Å². The summed E-state index contributed by atoms with van der Waals surface area (Å²) in [5.74, 6) is 1.48. The van der Waals surface area contributed by atoms with Crippen molar-refractivity contribution in [1.82, 2.24) is 20.0 Å². The van der Waals surface area contributed by atoms with Crippen LogP contribution in [0.1, 0.15) is 66.9 Å². The van der Waals surface area contributed by atoms with Crippen LogP contribution >= 0.6 is 11.6 Å². The first-order valence-electron chi connectivity index (χ1n) is 13.8. The summed E-state index contributed by atoms with van der Waals surface area (Å²) in [6, 6.07) is 4.08. The Kier molecular flexibility index (Phi) is 6.63. The van der Waals surface area contributed by atoms with Gasteiger partial charge in [0.1, 0.15) is 17.2 Å². The van der Waals surface area contributed by atoms with Crippen molar-refractivity contribution < 1.29 is 14.0 Å². The minimum absolute atomic E-state index is 0.0553. The van der Waals surface area contributed by atoms with Crippen molar-refractivity contribution in [3.05, 3.63) is 40.3 Å². The molecule has 2 bridgehead atoms. The molecule has 5 fully saturated rings. The Morgan fingerprint density at radius 3 is 2.42 bits per heavy atom. The van der Waals surface area contributed by atoms with E-state index in [9.17, 15) is 14.0 Å². The molecule has 10 heteroatoms. The molecule has 2 amide bonds. The lowest BCUT2D eigenvalue weighted by Crippen LogP contribution is -2.55. The number of benzene rings is 1. The van der Waals surface area contributed by atoms with Gasteiger partial charge in [0.25, 0.3) is 5.91 Å². The molecule has 0 radical (unpaired) electrons. The highest BCUT2D eigenvalue weighted by atomic mass is 35.5. The van der Waals surface area contributed by atoms with Crippen LogP contribution in [0.15, 0.2) is 18.2 Å². The van der Waals surface area contributed by atoms with Crippen molar-refractivity contribution in [3.63, 3.8) is 0 Å². The second kappa shape index (κ2) is 9.83. The van der Waals surface area contributed by atoms with Gasteiger partial charge in [-0.05, 0) is 101 Å². The van der Waals surface area contributed by atoms with Crippen LogP contribution in [0, 0.1) is 29.0 Å². The molecule has 5 aliphatic rings. The Morgan fingerprint density at radius 2 is 1.79 bits per heavy atom. The molecule has 7 rings (SSSR count). The van der Waals surface area contributed by atoms with Gasteiger partial charge < -0.3 is 21.3 Å².